The molecule has 0 aromatic rings. The monoisotopic (exact) mass is 255 g/mol. The summed E-state index contributed by atoms with van der Waals surface area (Å²) in [5, 5.41) is 0. The summed E-state index contributed by atoms with van der Waals surface area (Å²) in [5.74, 6) is 0.284. The zero-order chi connectivity index (χ0) is 9.19. The third-order valence-corrected chi connectivity index (χ3v) is 4.74. The zero-order valence-electron chi connectivity index (χ0n) is 7.16. The van der Waals surface area contributed by atoms with Gasteiger partial charge in [-0.05, 0) is 12.8 Å². The van der Waals surface area contributed by atoms with Crippen molar-refractivity contribution in [1.82, 2.24) is 4.31 Å². The van der Waals surface area contributed by atoms with E-state index in [-0.39, 0.29) is 5.75 Å². The molecular formula is C7H14BrNO2S. The van der Waals surface area contributed by atoms with Gasteiger partial charge >= 0.3 is 0 Å². The average molecular weight is 256 g/mol. The Labute approximate surface area is 82.3 Å². The van der Waals surface area contributed by atoms with E-state index in [0.29, 0.717) is 24.3 Å². The van der Waals surface area contributed by atoms with Crippen molar-refractivity contribution in [2.75, 3.05) is 18.8 Å². The molecule has 1 rings (SSSR count). The summed E-state index contributed by atoms with van der Waals surface area (Å²) in [5.41, 5.74) is 0. The van der Waals surface area contributed by atoms with Crippen LogP contribution < -0.4 is 0 Å². The second-order valence-electron chi connectivity index (χ2n) is 3.06. The fourth-order valence-corrected chi connectivity index (χ4v) is 3.64. The van der Waals surface area contributed by atoms with Crippen LogP contribution >= 0.6 is 15.9 Å². The highest BCUT2D eigenvalue weighted by atomic mass is 79.9. The van der Waals surface area contributed by atoms with Gasteiger partial charge in [0, 0.05) is 17.9 Å². The van der Waals surface area contributed by atoms with Crippen LogP contribution in [0.25, 0.3) is 0 Å². The quantitative estimate of drug-likeness (QED) is 0.711. The molecule has 5 heteroatoms. The molecule has 1 atom stereocenters. The normalized spacial score (nSPS) is 26.3. The first-order chi connectivity index (χ1) is 5.56. The number of nitrogens with zero attached hydrogens (tertiary/aromatic N) is 1. The second kappa shape index (κ2) is 4.07. The van der Waals surface area contributed by atoms with Gasteiger partial charge in [-0.25, -0.2) is 12.7 Å². The lowest BCUT2D eigenvalue weighted by Crippen LogP contribution is -2.30. The van der Waals surface area contributed by atoms with E-state index in [9.17, 15) is 8.42 Å². The third-order valence-electron chi connectivity index (χ3n) is 1.95. The van der Waals surface area contributed by atoms with Gasteiger partial charge in [0.2, 0.25) is 10.0 Å². The Morgan fingerprint density at radius 1 is 1.58 bits per heavy atom. The van der Waals surface area contributed by atoms with E-state index in [1.54, 1.807) is 4.31 Å². The van der Waals surface area contributed by atoms with E-state index in [2.05, 4.69) is 15.9 Å². The minimum atomic E-state index is -2.94. The van der Waals surface area contributed by atoms with Crippen LogP contribution in [0, 0.1) is 0 Å². The number of halogens is 1. The summed E-state index contributed by atoms with van der Waals surface area (Å²) in [6.07, 6.45) is 1.63. The van der Waals surface area contributed by atoms with Gasteiger partial charge in [-0.3, -0.25) is 0 Å². The largest absolute Gasteiger partial charge is 0.214 e. The molecule has 0 aromatic carbocycles. The molecule has 0 amide bonds. The van der Waals surface area contributed by atoms with Gasteiger partial charge in [-0.15, -0.1) is 0 Å². The summed E-state index contributed by atoms with van der Waals surface area (Å²) in [7, 11) is -2.94. The molecule has 0 aliphatic carbocycles. The second-order valence-corrected chi connectivity index (χ2v) is 6.44. The van der Waals surface area contributed by atoms with Gasteiger partial charge in [0.25, 0.3) is 0 Å². The SMILES string of the molecule is CCCS(=O)(=O)N1CCC(Br)C1. The molecule has 1 unspecified atom stereocenters. The lowest BCUT2D eigenvalue weighted by atomic mass is 10.4. The van der Waals surface area contributed by atoms with Crippen molar-refractivity contribution in [2.24, 2.45) is 0 Å². The number of hydrogen-bond donors (Lipinski definition) is 0. The van der Waals surface area contributed by atoms with E-state index in [0.717, 1.165) is 6.42 Å². The Morgan fingerprint density at radius 2 is 2.25 bits per heavy atom. The number of hydrogen-bond acceptors (Lipinski definition) is 2. The maximum absolute atomic E-state index is 11.5. The molecule has 1 saturated heterocycles. The van der Waals surface area contributed by atoms with Crippen molar-refractivity contribution in [1.29, 1.82) is 0 Å². The molecule has 3 nitrogen and oxygen atoms in total. The molecule has 72 valence electrons. The van der Waals surface area contributed by atoms with E-state index in [1.165, 1.54) is 0 Å². The first kappa shape index (κ1) is 10.5. The molecule has 0 spiro atoms. The molecule has 0 bridgehead atoms. The average Bonchev–Trinajstić information content (AvgIpc) is 2.36. The lowest BCUT2D eigenvalue weighted by Gasteiger charge is -2.14. The fourth-order valence-electron chi connectivity index (χ4n) is 1.33. The van der Waals surface area contributed by atoms with Crippen LogP contribution in [-0.4, -0.2) is 36.4 Å². The maximum atomic E-state index is 11.5. The first-order valence-electron chi connectivity index (χ1n) is 4.18. The molecule has 1 fully saturated rings. The molecule has 12 heavy (non-hydrogen) atoms. The van der Waals surface area contributed by atoms with Gasteiger partial charge in [-0.2, -0.15) is 0 Å². The summed E-state index contributed by atoms with van der Waals surface area (Å²) in [6.45, 7) is 3.21. The van der Waals surface area contributed by atoms with Crippen molar-refractivity contribution < 1.29 is 8.42 Å². The van der Waals surface area contributed by atoms with Crippen LogP contribution in [0.4, 0.5) is 0 Å². The smallest absolute Gasteiger partial charge is 0.212 e. The predicted octanol–water partition coefficient (Wildman–Crippen LogP) is 1.20. The molecular weight excluding hydrogens is 242 g/mol. The topological polar surface area (TPSA) is 37.4 Å². The van der Waals surface area contributed by atoms with Gasteiger partial charge < -0.3 is 0 Å². The predicted molar refractivity (Wildman–Crippen MR) is 53.0 cm³/mol. The van der Waals surface area contributed by atoms with Crippen LogP contribution in [0.5, 0.6) is 0 Å². The maximum Gasteiger partial charge on any atom is 0.214 e. The Kier molecular flexibility index (Phi) is 3.55. The summed E-state index contributed by atoms with van der Waals surface area (Å²) in [6, 6.07) is 0. The van der Waals surface area contributed by atoms with Crippen molar-refractivity contribution in [3.8, 4) is 0 Å². The van der Waals surface area contributed by atoms with Gasteiger partial charge in [0.05, 0.1) is 5.75 Å². The number of rotatable bonds is 3. The molecule has 1 heterocycles. The molecule has 1 aliphatic heterocycles. The summed E-state index contributed by atoms with van der Waals surface area (Å²) in [4.78, 5) is 0.351. The highest BCUT2D eigenvalue weighted by molar-refractivity contribution is 9.09. The van der Waals surface area contributed by atoms with Crippen molar-refractivity contribution >= 4 is 26.0 Å². The summed E-state index contributed by atoms with van der Waals surface area (Å²) < 4.78 is 24.5. The van der Waals surface area contributed by atoms with Crippen LogP contribution in [0.2, 0.25) is 0 Å². The zero-order valence-corrected chi connectivity index (χ0v) is 9.57. The van der Waals surface area contributed by atoms with Crippen LogP contribution in [0.3, 0.4) is 0 Å². The van der Waals surface area contributed by atoms with Crippen LogP contribution in [-0.2, 0) is 10.0 Å². The first-order valence-corrected chi connectivity index (χ1v) is 6.70. The molecule has 0 aromatic heterocycles. The van der Waals surface area contributed by atoms with E-state index >= 15 is 0 Å². The highest BCUT2D eigenvalue weighted by Crippen LogP contribution is 2.19. The Bertz CT molecular complexity index is 240. The van der Waals surface area contributed by atoms with E-state index < -0.39 is 10.0 Å². The third kappa shape index (κ3) is 2.44. The Morgan fingerprint density at radius 3 is 2.67 bits per heavy atom. The van der Waals surface area contributed by atoms with E-state index in [1.807, 2.05) is 6.92 Å². The molecule has 0 N–H and O–H groups in total. The molecule has 1 aliphatic rings. The van der Waals surface area contributed by atoms with Crippen molar-refractivity contribution in [3.05, 3.63) is 0 Å². The standard InChI is InChI=1S/C7H14BrNO2S/c1-2-5-12(10,11)9-4-3-7(8)6-9/h7H,2-6H2,1H3. The minimum absolute atomic E-state index is 0.284. The Balaban J connectivity index is 2.58. The number of alkyl halides is 1. The summed E-state index contributed by atoms with van der Waals surface area (Å²) >= 11 is 3.42. The minimum Gasteiger partial charge on any atom is -0.212 e. The lowest BCUT2D eigenvalue weighted by molar-refractivity contribution is 0.477. The van der Waals surface area contributed by atoms with Crippen molar-refractivity contribution in [3.63, 3.8) is 0 Å². The highest BCUT2D eigenvalue weighted by Gasteiger charge is 2.28. The van der Waals surface area contributed by atoms with Gasteiger partial charge in [0.1, 0.15) is 0 Å². The molecule has 0 radical (unpaired) electrons. The Hall–Kier alpha value is 0.390. The number of sulfonamides is 1. The van der Waals surface area contributed by atoms with Crippen LogP contribution in [0.15, 0.2) is 0 Å². The van der Waals surface area contributed by atoms with Gasteiger partial charge in [-0.1, -0.05) is 22.9 Å². The van der Waals surface area contributed by atoms with E-state index in [4.69, 9.17) is 0 Å². The van der Waals surface area contributed by atoms with Crippen LogP contribution in [0.1, 0.15) is 19.8 Å². The van der Waals surface area contributed by atoms with Gasteiger partial charge in [0.15, 0.2) is 0 Å². The molecule has 0 saturated carbocycles. The van der Waals surface area contributed by atoms with Crippen molar-refractivity contribution in [2.45, 2.75) is 24.6 Å². The fraction of sp³-hybridized carbons (Fsp3) is 1.00.